The van der Waals surface area contributed by atoms with Crippen LogP contribution in [0.25, 0.3) is 33.5 Å². The Hall–Kier alpha value is -6.13. The quantitative estimate of drug-likeness (QED) is 0.0641. The zero-order chi connectivity index (χ0) is 33.2. The Labute approximate surface area is 266 Å². The van der Waals surface area contributed by atoms with E-state index in [1.807, 2.05) is 60.0 Å². The molecule has 0 saturated heterocycles. The molecule has 17 nitrogen and oxygen atoms in total. The summed E-state index contributed by atoms with van der Waals surface area (Å²) in [4.78, 5) is 47.6. The number of rotatable bonds is 17. The number of ether oxygens (including phenoxy) is 2. The lowest BCUT2D eigenvalue weighted by Gasteiger charge is -2.14. The molecule has 244 valence electrons. The number of aromatic nitrogens is 6. The fourth-order valence-corrected chi connectivity index (χ4v) is 5.04. The van der Waals surface area contributed by atoms with Crippen LogP contribution >= 0.6 is 0 Å². The minimum atomic E-state index is -1.12. The molecule has 1 N–H and O–H groups in total. The highest BCUT2D eigenvalue weighted by Gasteiger charge is 2.21. The molecule has 0 aliphatic heterocycles. The number of H-pyrrole nitrogens is 1. The number of carbonyl (C=O) groups is 1. The van der Waals surface area contributed by atoms with Crippen LogP contribution in [0.5, 0.6) is 6.01 Å². The van der Waals surface area contributed by atoms with E-state index in [0.29, 0.717) is 54.4 Å². The Bertz CT molecular complexity index is 1830. The monoisotopic (exact) mass is 646 g/mol. The second-order valence-corrected chi connectivity index (χ2v) is 10.2. The van der Waals surface area contributed by atoms with Crippen LogP contribution in [0, 0.1) is 20.2 Å². The molecular weight excluding hydrogens is 616 g/mol. The van der Waals surface area contributed by atoms with E-state index in [9.17, 15) is 25.0 Å². The summed E-state index contributed by atoms with van der Waals surface area (Å²) in [7, 11) is 0. The summed E-state index contributed by atoms with van der Waals surface area (Å²) in [5, 5.41) is 33.4. The molecule has 0 fully saturated rings. The third-order valence-electron chi connectivity index (χ3n) is 7.10. The van der Waals surface area contributed by atoms with Gasteiger partial charge >= 0.3 is 5.97 Å². The van der Waals surface area contributed by atoms with Crippen molar-refractivity contribution in [1.82, 2.24) is 30.2 Å². The summed E-state index contributed by atoms with van der Waals surface area (Å²) in [6.45, 7) is 1.99. The van der Waals surface area contributed by atoms with Crippen molar-refractivity contribution in [2.75, 3.05) is 19.8 Å². The van der Waals surface area contributed by atoms with E-state index in [2.05, 4.69) is 35.3 Å². The zero-order valence-corrected chi connectivity index (χ0v) is 25.2. The van der Waals surface area contributed by atoms with Crippen LogP contribution in [-0.4, -0.2) is 72.2 Å². The van der Waals surface area contributed by atoms with Gasteiger partial charge in [-0.1, -0.05) is 54.6 Å². The van der Waals surface area contributed by atoms with Crippen LogP contribution in [-0.2, 0) is 21.0 Å². The third-order valence-corrected chi connectivity index (χ3v) is 7.10. The third kappa shape index (κ3) is 8.13. The highest BCUT2D eigenvalue weighted by Crippen LogP contribution is 2.31. The molecule has 47 heavy (non-hydrogen) atoms. The van der Waals surface area contributed by atoms with Gasteiger partial charge in [-0.05, 0) is 60.2 Å². The number of imidazole rings is 1. The maximum absolute atomic E-state index is 13.3. The molecule has 0 amide bonds. The van der Waals surface area contributed by atoms with Crippen molar-refractivity contribution in [2.24, 2.45) is 0 Å². The molecular formula is C30H30N8O9. The molecule has 3 aromatic carbocycles. The Morgan fingerprint density at radius 1 is 0.979 bits per heavy atom. The number of hydrogen-bond donors (Lipinski definition) is 1. The van der Waals surface area contributed by atoms with Gasteiger partial charge in [0.05, 0.1) is 36.4 Å². The van der Waals surface area contributed by atoms with Crippen LogP contribution < -0.4 is 4.74 Å². The number of unbranched alkanes of at least 4 members (excludes halogenated alkanes) is 1. The molecule has 0 bridgehead atoms. The summed E-state index contributed by atoms with van der Waals surface area (Å²) in [6.07, 6.45) is -0.364. The summed E-state index contributed by atoms with van der Waals surface area (Å²) >= 11 is 0. The summed E-state index contributed by atoms with van der Waals surface area (Å²) in [5.74, 6) is -0.0892. The van der Waals surface area contributed by atoms with Crippen molar-refractivity contribution in [3.05, 3.63) is 98.1 Å². The standard InChI is InChI=1S/C30H30N8O9/c1-2-44-30-31-26-12-7-11-25(29(39)45-17-6-5-8-22(47-38(42)43)19-46-37(40)41)27(26)36(30)18-20-13-15-21(16-14-20)23-9-3-4-10-24(23)28-32-34-35-33-28/h3-4,7,9-16,22H,2,5-6,8,17-19H2,1H3,(H,32,33,34,35)/t22-/m1/s1. The zero-order valence-electron chi connectivity index (χ0n) is 25.2. The summed E-state index contributed by atoms with van der Waals surface area (Å²) in [5.41, 5.74) is 5.06. The van der Waals surface area contributed by atoms with Gasteiger partial charge in [0, 0.05) is 5.56 Å². The van der Waals surface area contributed by atoms with E-state index in [1.54, 1.807) is 18.2 Å². The Morgan fingerprint density at radius 2 is 1.77 bits per heavy atom. The molecule has 5 aromatic rings. The van der Waals surface area contributed by atoms with Gasteiger partial charge in [0.1, 0.15) is 12.7 Å². The normalized spacial score (nSPS) is 11.6. The van der Waals surface area contributed by atoms with Gasteiger partial charge < -0.3 is 19.1 Å². The van der Waals surface area contributed by atoms with Gasteiger partial charge in [-0.25, -0.2) is 4.79 Å². The smallest absolute Gasteiger partial charge is 0.340 e. The fraction of sp³-hybridized carbons (Fsp3) is 0.300. The molecule has 0 aliphatic carbocycles. The number of benzene rings is 3. The average molecular weight is 647 g/mol. The van der Waals surface area contributed by atoms with Crippen LogP contribution in [0.4, 0.5) is 0 Å². The minimum absolute atomic E-state index is 0.00967. The molecule has 0 aliphatic rings. The number of hydrogen-bond acceptors (Lipinski definition) is 13. The van der Waals surface area contributed by atoms with E-state index >= 15 is 0 Å². The number of para-hydroxylation sites is 1. The predicted octanol–water partition coefficient (Wildman–Crippen LogP) is 4.44. The van der Waals surface area contributed by atoms with Crippen LogP contribution in [0.3, 0.4) is 0 Å². The maximum Gasteiger partial charge on any atom is 0.340 e. The SMILES string of the molecule is CCOc1nc2cccc(C(=O)OCCCC[C@H](CO[N+](=O)[O-])O[N+](=O)[O-])c2n1Cc1ccc(-c2ccccc2-c2nn[nH]n2)cc1. The van der Waals surface area contributed by atoms with E-state index in [1.165, 1.54) is 0 Å². The first-order valence-corrected chi connectivity index (χ1v) is 14.6. The van der Waals surface area contributed by atoms with Crippen LogP contribution in [0.2, 0.25) is 0 Å². The lowest BCUT2D eigenvalue weighted by atomic mass is 9.98. The number of esters is 1. The Kier molecular flexibility index (Phi) is 10.5. The van der Waals surface area contributed by atoms with Gasteiger partial charge in [-0.2, -0.15) is 10.2 Å². The van der Waals surface area contributed by atoms with Crippen LogP contribution in [0.15, 0.2) is 66.7 Å². The number of aromatic amines is 1. The maximum atomic E-state index is 13.3. The van der Waals surface area contributed by atoms with Gasteiger partial charge in [0.25, 0.3) is 16.2 Å². The fourth-order valence-electron chi connectivity index (χ4n) is 5.04. The van der Waals surface area contributed by atoms with Crippen molar-refractivity contribution >= 4 is 17.0 Å². The van der Waals surface area contributed by atoms with E-state index < -0.39 is 28.9 Å². The lowest BCUT2D eigenvalue weighted by Crippen LogP contribution is -2.24. The molecule has 0 spiro atoms. The molecule has 5 rings (SSSR count). The number of fused-ring (bicyclic) bond motifs is 1. The first-order chi connectivity index (χ1) is 22.8. The highest BCUT2D eigenvalue weighted by molar-refractivity contribution is 6.02. The first kappa shape index (κ1) is 32.3. The van der Waals surface area contributed by atoms with E-state index in [-0.39, 0.29) is 13.0 Å². The first-order valence-electron chi connectivity index (χ1n) is 14.6. The summed E-state index contributed by atoms with van der Waals surface area (Å²) in [6, 6.07) is 21.2. The molecule has 2 heterocycles. The van der Waals surface area contributed by atoms with Gasteiger partial charge in [0.2, 0.25) is 5.82 Å². The predicted molar refractivity (Wildman–Crippen MR) is 164 cm³/mol. The molecule has 2 aromatic heterocycles. The molecule has 0 radical (unpaired) electrons. The second kappa shape index (κ2) is 15.2. The second-order valence-electron chi connectivity index (χ2n) is 10.2. The van der Waals surface area contributed by atoms with Gasteiger partial charge in [-0.15, -0.1) is 30.4 Å². The van der Waals surface area contributed by atoms with Gasteiger partial charge in [-0.3, -0.25) is 4.57 Å². The largest absolute Gasteiger partial charge is 0.465 e. The van der Waals surface area contributed by atoms with Crippen LogP contribution in [0.1, 0.15) is 42.1 Å². The number of carbonyl (C=O) groups excluding carboxylic acids is 1. The van der Waals surface area contributed by atoms with Crippen molar-refractivity contribution in [3.63, 3.8) is 0 Å². The molecule has 0 saturated carbocycles. The number of tetrazole rings is 1. The van der Waals surface area contributed by atoms with Crippen molar-refractivity contribution in [3.8, 4) is 28.5 Å². The average Bonchev–Trinajstić information content (AvgIpc) is 3.72. The van der Waals surface area contributed by atoms with Crippen molar-refractivity contribution < 1.29 is 34.1 Å². The Morgan fingerprint density at radius 3 is 2.47 bits per heavy atom. The molecule has 1 atom stereocenters. The van der Waals surface area contributed by atoms with E-state index in [4.69, 9.17) is 9.47 Å². The topological polar surface area (TPSA) is 213 Å². The molecule has 0 unspecified atom stereocenters. The summed E-state index contributed by atoms with van der Waals surface area (Å²) < 4.78 is 13.2. The van der Waals surface area contributed by atoms with Gasteiger partial charge in [0.15, 0.2) is 0 Å². The lowest BCUT2D eigenvalue weighted by molar-refractivity contribution is -0.790. The Balaban J connectivity index is 1.30. The van der Waals surface area contributed by atoms with Crippen molar-refractivity contribution in [2.45, 2.75) is 38.8 Å². The van der Waals surface area contributed by atoms with Crippen molar-refractivity contribution in [1.29, 1.82) is 0 Å². The minimum Gasteiger partial charge on any atom is -0.465 e. The molecule has 17 heteroatoms. The number of nitrogens with zero attached hydrogens (tertiary/aromatic N) is 7. The highest BCUT2D eigenvalue weighted by atomic mass is 17.0. The number of nitrogens with one attached hydrogen (secondary N) is 1. The van der Waals surface area contributed by atoms with E-state index in [0.717, 1.165) is 22.3 Å².